The van der Waals surface area contributed by atoms with Crippen LogP contribution in [0.5, 0.6) is 0 Å². The number of nitrogens with one attached hydrogen (secondary N) is 3. The molecule has 0 aromatic carbocycles. The molecule has 0 radical (unpaired) electrons. The van der Waals surface area contributed by atoms with E-state index in [1.165, 1.54) is 4.90 Å². The molecule has 1 heterocycles. The second kappa shape index (κ2) is 11.7. The number of imide groups is 1. The second-order valence-corrected chi connectivity index (χ2v) is 5.21. The predicted octanol–water partition coefficient (Wildman–Crippen LogP) is 0.300. The lowest BCUT2D eigenvalue weighted by Crippen LogP contribution is -2.43. The van der Waals surface area contributed by atoms with Gasteiger partial charge in [0.1, 0.15) is 0 Å². The molecule has 0 bridgehead atoms. The van der Waals surface area contributed by atoms with Crippen LogP contribution in [0.1, 0.15) is 33.1 Å². The minimum absolute atomic E-state index is 0.0883. The molecular weight excluding hydrogens is 298 g/mol. The smallest absolute Gasteiger partial charge is 0.324 e. The number of amides is 3. The Morgan fingerprint density at radius 2 is 2.04 bits per heavy atom. The molecule has 0 spiro atoms. The monoisotopic (exact) mass is 327 g/mol. The van der Waals surface area contributed by atoms with Crippen molar-refractivity contribution >= 4 is 17.9 Å². The summed E-state index contributed by atoms with van der Waals surface area (Å²) in [4.78, 5) is 28.5. The van der Waals surface area contributed by atoms with Gasteiger partial charge in [0.05, 0.1) is 6.54 Å². The molecule has 1 aliphatic heterocycles. The Bertz CT molecular complexity index is 385. The molecule has 1 fully saturated rings. The third-order valence-corrected chi connectivity index (χ3v) is 3.27. The van der Waals surface area contributed by atoms with Gasteiger partial charge in [0.2, 0.25) is 5.91 Å². The zero-order valence-corrected chi connectivity index (χ0v) is 14.2. The Morgan fingerprint density at radius 3 is 2.70 bits per heavy atom. The summed E-state index contributed by atoms with van der Waals surface area (Å²) < 4.78 is 5.49. The highest BCUT2D eigenvalue weighted by atomic mass is 16.5. The number of hydrogen-bond acceptors (Lipinski definition) is 4. The first-order valence-electron chi connectivity index (χ1n) is 8.37. The predicted molar refractivity (Wildman–Crippen MR) is 89.4 cm³/mol. The van der Waals surface area contributed by atoms with Crippen molar-refractivity contribution in [2.24, 2.45) is 4.99 Å². The van der Waals surface area contributed by atoms with Crippen molar-refractivity contribution in [2.45, 2.75) is 33.1 Å². The van der Waals surface area contributed by atoms with Crippen molar-refractivity contribution in [2.75, 3.05) is 45.9 Å². The summed E-state index contributed by atoms with van der Waals surface area (Å²) in [6.07, 6.45) is 3.10. The molecule has 1 aliphatic rings. The molecule has 1 rings (SSSR count). The van der Waals surface area contributed by atoms with Gasteiger partial charge in [0.25, 0.3) is 0 Å². The van der Waals surface area contributed by atoms with Crippen LogP contribution in [0, 0.1) is 0 Å². The van der Waals surface area contributed by atoms with E-state index in [-0.39, 0.29) is 18.5 Å². The van der Waals surface area contributed by atoms with E-state index in [2.05, 4.69) is 27.9 Å². The van der Waals surface area contributed by atoms with Crippen LogP contribution in [-0.4, -0.2) is 68.7 Å². The van der Waals surface area contributed by atoms with Gasteiger partial charge in [-0.15, -0.1) is 0 Å². The first-order chi connectivity index (χ1) is 11.2. The molecule has 0 atom stereocenters. The van der Waals surface area contributed by atoms with E-state index in [1.54, 1.807) is 0 Å². The normalized spacial score (nSPS) is 15.0. The SMILES string of the molecule is CCCCOCCCN=C(NCC)NCCN1C(=O)CNC1=O. The lowest BCUT2D eigenvalue weighted by atomic mass is 10.4. The standard InChI is InChI=1S/C15H29N5O3/c1-3-5-10-23-11-6-7-17-14(16-4-2)18-8-9-20-13(21)12-19-15(20)22/h3-12H2,1-2H3,(H,19,22)(H2,16,17,18). The fourth-order valence-corrected chi connectivity index (χ4v) is 2.02. The van der Waals surface area contributed by atoms with Gasteiger partial charge in [0, 0.05) is 39.4 Å². The maximum atomic E-state index is 11.5. The minimum atomic E-state index is -0.331. The molecule has 23 heavy (non-hydrogen) atoms. The van der Waals surface area contributed by atoms with Crippen LogP contribution in [-0.2, 0) is 9.53 Å². The van der Waals surface area contributed by atoms with Crippen LogP contribution < -0.4 is 16.0 Å². The van der Waals surface area contributed by atoms with Gasteiger partial charge in [-0.3, -0.25) is 14.7 Å². The van der Waals surface area contributed by atoms with Crippen molar-refractivity contribution in [1.29, 1.82) is 0 Å². The molecule has 0 aromatic heterocycles. The van der Waals surface area contributed by atoms with Crippen molar-refractivity contribution in [3.05, 3.63) is 0 Å². The molecule has 0 aliphatic carbocycles. The van der Waals surface area contributed by atoms with E-state index in [0.717, 1.165) is 32.4 Å². The first-order valence-corrected chi connectivity index (χ1v) is 8.37. The highest BCUT2D eigenvalue weighted by Crippen LogP contribution is 1.97. The highest BCUT2D eigenvalue weighted by Gasteiger charge is 2.27. The third-order valence-electron chi connectivity index (χ3n) is 3.27. The topological polar surface area (TPSA) is 95.1 Å². The van der Waals surface area contributed by atoms with E-state index in [9.17, 15) is 9.59 Å². The summed E-state index contributed by atoms with van der Waals surface area (Å²) in [6, 6.07) is -0.331. The Labute approximate surface area is 138 Å². The van der Waals surface area contributed by atoms with Crippen LogP contribution in [0.3, 0.4) is 0 Å². The number of carbonyl (C=O) groups is 2. The fraction of sp³-hybridized carbons (Fsp3) is 0.800. The minimum Gasteiger partial charge on any atom is -0.381 e. The summed E-state index contributed by atoms with van der Waals surface area (Å²) in [5, 5.41) is 8.76. The molecule has 8 nitrogen and oxygen atoms in total. The van der Waals surface area contributed by atoms with Gasteiger partial charge in [-0.05, 0) is 19.8 Å². The molecule has 8 heteroatoms. The van der Waals surface area contributed by atoms with E-state index >= 15 is 0 Å². The second-order valence-electron chi connectivity index (χ2n) is 5.21. The highest BCUT2D eigenvalue weighted by molar-refractivity contribution is 6.01. The molecule has 0 saturated carbocycles. The number of nitrogens with zero attached hydrogens (tertiary/aromatic N) is 2. The average molecular weight is 327 g/mol. The summed E-state index contributed by atoms with van der Waals surface area (Å²) in [5.41, 5.74) is 0. The molecule has 3 N–H and O–H groups in total. The maximum Gasteiger partial charge on any atom is 0.324 e. The van der Waals surface area contributed by atoms with Crippen LogP contribution >= 0.6 is 0 Å². The van der Waals surface area contributed by atoms with Crippen molar-refractivity contribution < 1.29 is 14.3 Å². The van der Waals surface area contributed by atoms with E-state index in [0.29, 0.717) is 32.2 Å². The van der Waals surface area contributed by atoms with E-state index < -0.39 is 0 Å². The van der Waals surface area contributed by atoms with Crippen LogP contribution in [0.2, 0.25) is 0 Å². The van der Waals surface area contributed by atoms with Gasteiger partial charge >= 0.3 is 6.03 Å². The Morgan fingerprint density at radius 1 is 1.26 bits per heavy atom. The summed E-state index contributed by atoms with van der Waals surface area (Å²) >= 11 is 0. The van der Waals surface area contributed by atoms with Gasteiger partial charge in [0.15, 0.2) is 5.96 Å². The zero-order chi connectivity index (χ0) is 16.9. The van der Waals surface area contributed by atoms with E-state index in [4.69, 9.17) is 4.74 Å². The molecule has 0 unspecified atom stereocenters. The van der Waals surface area contributed by atoms with Crippen LogP contribution in [0.15, 0.2) is 4.99 Å². The number of ether oxygens (including phenoxy) is 1. The van der Waals surface area contributed by atoms with E-state index in [1.807, 2.05) is 6.92 Å². The van der Waals surface area contributed by atoms with Crippen molar-refractivity contribution in [3.63, 3.8) is 0 Å². The Balaban J connectivity index is 2.21. The zero-order valence-electron chi connectivity index (χ0n) is 14.2. The molecule has 1 saturated heterocycles. The molecule has 0 aromatic rings. The van der Waals surface area contributed by atoms with Gasteiger partial charge in [-0.1, -0.05) is 13.3 Å². The summed E-state index contributed by atoms with van der Waals surface area (Å²) in [6.45, 7) is 7.96. The number of rotatable bonds is 11. The van der Waals surface area contributed by atoms with Crippen LogP contribution in [0.4, 0.5) is 4.79 Å². The lowest BCUT2D eigenvalue weighted by Gasteiger charge is -2.15. The van der Waals surface area contributed by atoms with Crippen LogP contribution in [0.25, 0.3) is 0 Å². The summed E-state index contributed by atoms with van der Waals surface area (Å²) in [5.74, 6) is 0.496. The number of guanidine groups is 1. The molecule has 132 valence electrons. The lowest BCUT2D eigenvalue weighted by molar-refractivity contribution is -0.124. The van der Waals surface area contributed by atoms with Crippen molar-refractivity contribution in [1.82, 2.24) is 20.9 Å². The average Bonchev–Trinajstić information content (AvgIpc) is 2.85. The molecule has 3 amide bonds. The van der Waals surface area contributed by atoms with Crippen molar-refractivity contribution in [3.8, 4) is 0 Å². The number of urea groups is 1. The number of carbonyl (C=O) groups excluding carboxylic acids is 2. The number of aliphatic imine (C=N–C) groups is 1. The quantitative estimate of drug-likeness (QED) is 0.220. The number of hydrogen-bond donors (Lipinski definition) is 3. The third kappa shape index (κ3) is 7.83. The van der Waals surface area contributed by atoms with Gasteiger partial charge < -0.3 is 20.7 Å². The maximum absolute atomic E-state index is 11.5. The van der Waals surface area contributed by atoms with Gasteiger partial charge in [-0.2, -0.15) is 0 Å². The molecular formula is C15H29N5O3. The Kier molecular flexibility index (Phi) is 9.78. The first kappa shape index (κ1) is 19.2. The van der Waals surface area contributed by atoms with Gasteiger partial charge in [-0.25, -0.2) is 4.79 Å². The summed E-state index contributed by atoms with van der Waals surface area (Å²) in [7, 11) is 0. The number of unbranched alkanes of at least 4 members (excludes halogenated alkanes) is 1. The fourth-order valence-electron chi connectivity index (χ4n) is 2.02. The largest absolute Gasteiger partial charge is 0.381 e. The Hall–Kier alpha value is -1.83.